The molecular weight excluding hydrogens is 190 g/mol. The van der Waals surface area contributed by atoms with Gasteiger partial charge in [0.05, 0.1) is 11.5 Å². The highest BCUT2D eigenvalue weighted by Crippen LogP contribution is 2.17. The van der Waals surface area contributed by atoms with Gasteiger partial charge in [0.25, 0.3) is 0 Å². The summed E-state index contributed by atoms with van der Waals surface area (Å²) in [4.78, 5) is 15.0. The third-order valence-electron chi connectivity index (χ3n) is 1.80. The van der Waals surface area contributed by atoms with E-state index in [0.717, 1.165) is 11.4 Å². The van der Waals surface area contributed by atoms with Gasteiger partial charge < -0.3 is 11.1 Å². The molecule has 0 aliphatic heterocycles. The Morgan fingerprint density at radius 3 is 2.87 bits per heavy atom. The number of rotatable bonds is 3. The Kier molecular flexibility index (Phi) is 3.85. The third kappa shape index (κ3) is 3.81. The number of anilines is 1. The first kappa shape index (κ1) is 11.2. The number of amides is 1. The van der Waals surface area contributed by atoms with Gasteiger partial charge in [-0.2, -0.15) is 0 Å². The number of amidine groups is 1. The molecule has 0 spiro atoms. The van der Waals surface area contributed by atoms with Crippen LogP contribution in [-0.4, -0.2) is 11.7 Å². The summed E-state index contributed by atoms with van der Waals surface area (Å²) in [6.45, 7) is 3.41. The first-order chi connectivity index (χ1) is 7.11. The van der Waals surface area contributed by atoms with Crippen molar-refractivity contribution in [3.63, 3.8) is 0 Å². The summed E-state index contributed by atoms with van der Waals surface area (Å²) in [5.41, 5.74) is 7.10. The molecule has 0 aliphatic rings. The van der Waals surface area contributed by atoms with Gasteiger partial charge >= 0.3 is 0 Å². The van der Waals surface area contributed by atoms with Gasteiger partial charge in [0.15, 0.2) is 0 Å². The van der Waals surface area contributed by atoms with E-state index in [-0.39, 0.29) is 5.91 Å². The molecule has 80 valence electrons. The fraction of sp³-hybridized carbons (Fsp3) is 0.273. The zero-order valence-corrected chi connectivity index (χ0v) is 8.95. The molecule has 3 N–H and O–H groups in total. The summed E-state index contributed by atoms with van der Waals surface area (Å²) in [6, 6.07) is 7.26. The average Bonchev–Trinajstić information content (AvgIpc) is 2.17. The highest BCUT2D eigenvalue weighted by molar-refractivity contribution is 5.89. The minimum absolute atomic E-state index is 0.0976. The molecule has 1 amide bonds. The fourth-order valence-electron chi connectivity index (χ4n) is 1.10. The number of nitrogens with one attached hydrogen (secondary N) is 1. The van der Waals surface area contributed by atoms with Crippen molar-refractivity contribution in [2.45, 2.75) is 20.3 Å². The predicted molar refractivity (Wildman–Crippen MR) is 62.3 cm³/mol. The molecule has 1 rings (SSSR count). The Hall–Kier alpha value is -1.84. The molecule has 0 atom stereocenters. The van der Waals surface area contributed by atoms with Crippen LogP contribution in [0.3, 0.4) is 0 Å². The second-order valence-corrected chi connectivity index (χ2v) is 3.19. The van der Waals surface area contributed by atoms with E-state index in [1.54, 1.807) is 6.07 Å². The number of nitrogens with zero attached hydrogens (tertiary/aromatic N) is 1. The number of carbonyl (C=O) groups excluding carboxylic acids is 1. The maximum absolute atomic E-state index is 10.8. The van der Waals surface area contributed by atoms with Crippen molar-refractivity contribution in [1.29, 1.82) is 0 Å². The smallest absolute Gasteiger partial charge is 0.221 e. The molecule has 1 aromatic rings. The maximum atomic E-state index is 10.8. The molecule has 1 aromatic carbocycles. The SMILES string of the molecule is CCC(N)=Nc1cccc(NC(C)=O)c1. The van der Waals surface area contributed by atoms with Gasteiger partial charge in [0, 0.05) is 19.0 Å². The van der Waals surface area contributed by atoms with Gasteiger partial charge in [-0.25, -0.2) is 4.99 Å². The van der Waals surface area contributed by atoms with Crippen LogP contribution in [0.5, 0.6) is 0 Å². The van der Waals surface area contributed by atoms with Crippen LogP contribution in [0.25, 0.3) is 0 Å². The van der Waals surface area contributed by atoms with Gasteiger partial charge in [0.1, 0.15) is 0 Å². The van der Waals surface area contributed by atoms with Crippen LogP contribution in [0.15, 0.2) is 29.3 Å². The van der Waals surface area contributed by atoms with E-state index < -0.39 is 0 Å². The lowest BCUT2D eigenvalue weighted by Gasteiger charge is -2.03. The maximum Gasteiger partial charge on any atom is 0.221 e. The molecule has 15 heavy (non-hydrogen) atoms. The van der Waals surface area contributed by atoms with Crippen molar-refractivity contribution in [2.24, 2.45) is 10.7 Å². The molecule has 0 bridgehead atoms. The normalized spacial score (nSPS) is 11.2. The number of hydrogen-bond donors (Lipinski definition) is 2. The summed E-state index contributed by atoms with van der Waals surface area (Å²) in [5, 5.41) is 2.69. The van der Waals surface area contributed by atoms with Crippen molar-refractivity contribution < 1.29 is 4.79 Å². The van der Waals surface area contributed by atoms with Crippen LogP contribution < -0.4 is 11.1 Å². The molecule has 0 saturated heterocycles. The van der Waals surface area contributed by atoms with Crippen LogP contribution in [0.1, 0.15) is 20.3 Å². The Bertz CT molecular complexity index is 385. The van der Waals surface area contributed by atoms with Crippen LogP contribution in [-0.2, 0) is 4.79 Å². The predicted octanol–water partition coefficient (Wildman–Crippen LogP) is 2.04. The van der Waals surface area contributed by atoms with E-state index in [9.17, 15) is 4.79 Å². The summed E-state index contributed by atoms with van der Waals surface area (Å²) in [7, 11) is 0. The molecule has 4 nitrogen and oxygen atoms in total. The van der Waals surface area contributed by atoms with Crippen molar-refractivity contribution >= 4 is 23.1 Å². The molecular formula is C11H15N3O. The second-order valence-electron chi connectivity index (χ2n) is 3.19. The van der Waals surface area contributed by atoms with Crippen molar-refractivity contribution in [1.82, 2.24) is 0 Å². The number of benzene rings is 1. The lowest BCUT2D eigenvalue weighted by atomic mass is 10.3. The van der Waals surface area contributed by atoms with E-state index >= 15 is 0 Å². The molecule has 0 saturated carbocycles. The molecule has 0 aromatic heterocycles. The first-order valence-corrected chi connectivity index (χ1v) is 4.82. The Morgan fingerprint density at radius 1 is 1.53 bits per heavy atom. The van der Waals surface area contributed by atoms with Crippen molar-refractivity contribution in [2.75, 3.05) is 5.32 Å². The van der Waals surface area contributed by atoms with Gasteiger partial charge in [-0.3, -0.25) is 4.79 Å². The van der Waals surface area contributed by atoms with Crippen molar-refractivity contribution in [3.8, 4) is 0 Å². The summed E-state index contributed by atoms with van der Waals surface area (Å²) >= 11 is 0. The minimum atomic E-state index is -0.0976. The van der Waals surface area contributed by atoms with Crippen LogP contribution in [0.4, 0.5) is 11.4 Å². The lowest BCUT2D eigenvalue weighted by Crippen LogP contribution is -2.08. The number of hydrogen-bond acceptors (Lipinski definition) is 2. The molecule has 4 heteroatoms. The van der Waals surface area contributed by atoms with Gasteiger partial charge in [-0.15, -0.1) is 0 Å². The average molecular weight is 205 g/mol. The largest absolute Gasteiger partial charge is 0.387 e. The topological polar surface area (TPSA) is 67.5 Å². The Labute approximate surface area is 89.2 Å². The van der Waals surface area contributed by atoms with Crippen LogP contribution in [0.2, 0.25) is 0 Å². The van der Waals surface area contributed by atoms with Crippen LogP contribution in [0, 0.1) is 0 Å². The molecule has 0 fully saturated rings. The van der Waals surface area contributed by atoms with E-state index in [1.165, 1.54) is 6.92 Å². The highest BCUT2D eigenvalue weighted by Gasteiger charge is 1.97. The van der Waals surface area contributed by atoms with E-state index in [1.807, 2.05) is 25.1 Å². The van der Waals surface area contributed by atoms with E-state index in [4.69, 9.17) is 5.73 Å². The zero-order valence-electron chi connectivity index (χ0n) is 8.95. The van der Waals surface area contributed by atoms with Gasteiger partial charge in [-0.1, -0.05) is 13.0 Å². The number of carbonyl (C=O) groups is 1. The first-order valence-electron chi connectivity index (χ1n) is 4.82. The van der Waals surface area contributed by atoms with Gasteiger partial charge in [-0.05, 0) is 18.2 Å². The summed E-state index contributed by atoms with van der Waals surface area (Å²) in [6.07, 6.45) is 0.713. The van der Waals surface area contributed by atoms with E-state index in [0.29, 0.717) is 12.3 Å². The summed E-state index contributed by atoms with van der Waals surface area (Å²) in [5.74, 6) is 0.481. The lowest BCUT2D eigenvalue weighted by molar-refractivity contribution is -0.114. The van der Waals surface area contributed by atoms with Crippen molar-refractivity contribution in [3.05, 3.63) is 24.3 Å². The quantitative estimate of drug-likeness (QED) is 0.585. The third-order valence-corrected chi connectivity index (χ3v) is 1.80. The van der Waals surface area contributed by atoms with Crippen LogP contribution >= 0.6 is 0 Å². The highest BCUT2D eigenvalue weighted by atomic mass is 16.1. The fourth-order valence-corrected chi connectivity index (χ4v) is 1.10. The zero-order chi connectivity index (χ0) is 11.3. The van der Waals surface area contributed by atoms with E-state index in [2.05, 4.69) is 10.3 Å². The second kappa shape index (κ2) is 5.14. The molecule has 0 unspecified atom stereocenters. The Morgan fingerprint density at radius 2 is 2.27 bits per heavy atom. The Balaban J connectivity index is 2.87. The standard InChI is InChI=1S/C11H15N3O/c1-3-11(12)14-10-6-4-5-9(7-10)13-8(2)15/h4-7H,3H2,1-2H3,(H2,12,14)(H,13,15). The number of nitrogens with two attached hydrogens (primary N) is 1. The minimum Gasteiger partial charge on any atom is -0.387 e. The number of aliphatic imine (C=N–C) groups is 1. The molecule has 0 radical (unpaired) electrons. The molecule has 0 aliphatic carbocycles. The van der Waals surface area contributed by atoms with Gasteiger partial charge in [0.2, 0.25) is 5.91 Å². The summed E-state index contributed by atoms with van der Waals surface area (Å²) < 4.78 is 0. The monoisotopic (exact) mass is 205 g/mol. The molecule has 0 heterocycles.